The van der Waals surface area contributed by atoms with Gasteiger partial charge in [-0.1, -0.05) is 12.1 Å². The molecule has 2 heterocycles. The van der Waals surface area contributed by atoms with E-state index < -0.39 is 6.04 Å². The molecule has 1 fully saturated rings. The highest BCUT2D eigenvalue weighted by Crippen LogP contribution is 2.31. The number of carbonyl (C=O) groups is 2. The smallest absolute Gasteiger partial charge is 0.255 e. The maximum atomic E-state index is 12.6. The number of nitrogens with two attached hydrogens (primary N) is 1. The van der Waals surface area contributed by atoms with Crippen molar-refractivity contribution in [2.75, 3.05) is 18.6 Å². The Morgan fingerprint density at radius 3 is 2.96 bits per heavy atom. The van der Waals surface area contributed by atoms with Gasteiger partial charge in [0.2, 0.25) is 5.91 Å². The second-order valence-corrected chi connectivity index (χ2v) is 5.48. The number of amides is 2. The number of benzene rings is 1. The molecular weight excluding hydrogens is 310 g/mol. The van der Waals surface area contributed by atoms with Crippen LogP contribution in [-0.4, -0.2) is 31.5 Å². The fraction of sp³-hybridized carbons (Fsp3) is 0.294. The van der Waals surface area contributed by atoms with E-state index in [0.717, 1.165) is 0 Å². The van der Waals surface area contributed by atoms with Gasteiger partial charge in [0.1, 0.15) is 23.8 Å². The van der Waals surface area contributed by atoms with E-state index in [4.69, 9.17) is 14.9 Å². The molecule has 3 rings (SSSR count). The minimum absolute atomic E-state index is 0.157. The lowest BCUT2D eigenvalue weighted by Gasteiger charge is -2.19. The Bertz CT molecular complexity index is 756. The first-order chi connectivity index (χ1) is 11.6. The van der Waals surface area contributed by atoms with Gasteiger partial charge in [0.25, 0.3) is 5.91 Å². The first kappa shape index (κ1) is 16.1. The molecule has 1 unspecified atom stereocenters. The molecule has 1 saturated heterocycles. The van der Waals surface area contributed by atoms with E-state index in [2.05, 4.69) is 5.32 Å². The van der Waals surface area contributed by atoms with E-state index in [0.29, 0.717) is 35.7 Å². The summed E-state index contributed by atoms with van der Waals surface area (Å²) >= 11 is 0. The van der Waals surface area contributed by atoms with Gasteiger partial charge < -0.3 is 25.1 Å². The largest absolute Gasteiger partial charge is 0.495 e. The van der Waals surface area contributed by atoms with Gasteiger partial charge in [0, 0.05) is 6.54 Å². The lowest BCUT2D eigenvalue weighted by Crippen LogP contribution is -2.41. The minimum atomic E-state index is -0.571. The van der Waals surface area contributed by atoms with Gasteiger partial charge in [-0.2, -0.15) is 0 Å². The summed E-state index contributed by atoms with van der Waals surface area (Å²) in [6.45, 7) is 0.737. The normalized spacial score (nSPS) is 17.2. The molecule has 1 aliphatic rings. The lowest BCUT2D eigenvalue weighted by molar-refractivity contribution is -0.118. The van der Waals surface area contributed by atoms with Crippen LogP contribution in [0.25, 0.3) is 0 Å². The molecule has 1 aliphatic heterocycles. The lowest BCUT2D eigenvalue weighted by atomic mass is 10.2. The molecule has 2 aromatic rings. The van der Waals surface area contributed by atoms with E-state index in [9.17, 15) is 9.59 Å². The van der Waals surface area contributed by atoms with Crippen molar-refractivity contribution in [1.82, 2.24) is 5.32 Å². The summed E-state index contributed by atoms with van der Waals surface area (Å²) in [6.07, 6.45) is 1.87. The quantitative estimate of drug-likeness (QED) is 0.861. The van der Waals surface area contributed by atoms with Crippen LogP contribution in [0.4, 0.5) is 5.69 Å². The number of hydrogen-bond acceptors (Lipinski definition) is 5. The molecule has 0 bridgehead atoms. The van der Waals surface area contributed by atoms with Crippen molar-refractivity contribution in [3.05, 3.63) is 47.9 Å². The zero-order valence-electron chi connectivity index (χ0n) is 13.3. The molecule has 0 spiro atoms. The van der Waals surface area contributed by atoms with Crippen molar-refractivity contribution in [2.24, 2.45) is 5.73 Å². The van der Waals surface area contributed by atoms with Gasteiger partial charge in [-0.05, 0) is 24.6 Å². The summed E-state index contributed by atoms with van der Waals surface area (Å²) in [7, 11) is 1.56. The number of carbonyl (C=O) groups excluding carboxylic acids is 2. The van der Waals surface area contributed by atoms with Gasteiger partial charge in [0.05, 0.1) is 24.9 Å². The Labute approximate surface area is 139 Å². The van der Waals surface area contributed by atoms with Crippen LogP contribution in [0.5, 0.6) is 5.75 Å². The third kappa shape index (κ3) is 2.98. The fourth-order valence-electron chi connectivity index (χ4n) is 2.75. The van der Waals surface area contributed by atoms with Crippen LogP contribution >= 0.6 is 0 Å². The third-order valence-corrected chi connectivity index (χ3v) is 4.00. The zero-order valence-corrected chi connectivity index (χ0v) is 13.3. The number of nitrogens with one attached hydrogen (secondary N) is 1. The highest BCUT2D eigenvalue weighted by molar-refractivity contribution is 6.04. The van der Waals surface area contributed by atoms with Crippen molar-refractivity contribution < 1.29 is 18.7 Å². The van der Waals surface area contributed by atoms with Gasteiger partial charge in [-0.15, -0.1) is 0 Å². The van der Waals surface area contributed by atoms with E-state index in [1.165, 1.54) is 6.26 Å². The van der Waals surface area contributed by atoms with E-state index in [1.54, 1.807) is 24.1 Å². The molecule has 1 aromatic heterocycles. The number of rotatable bonds is 5. The monoisotopic (exact) mass is 329 g/mol. The molecule has 0 radical (unpaired) electrons. The summed E-state index contributed by atoms with van der Waals surface area (Å²) in [4.78, 5) is 26.5. The number of furan rings is 1. The van der Waals surface area contributed by atoms with Crippen molar-refractivity contribution in [2.45, 2.75) is 19.0 Å². The first-order valence-electron chi connectivity index (χ1n) is 7.66. The number of ether oxygens (including phenoxy) is 1. The predicted molar refractivity (Wildman–Crippen MR) is 87.8 cm³/mol. The van der Waals surface area contributed by atoms with Crippen LogP contribution in [0.2, 0.25) is 0 Å². The molecule has 0 aliphatic carbocycles. The van der Waals surface area contributed by atoms with Gasteiger partial charge >= 0.3 is 0 Å². The molecule has 7 heteroatoms. The van der Waals surface area contributed by atoms with E-state index in [1.807, 2.05) is 18.2 Å². The third-order valence-electron chi connectivity index (χ3n) is 4.00. The minimum Gasteiger partial charge on any atom is -0.495 e. The molecule has 0 saturated carbocycles. The molecule has 126 valence electrons. The predicted octanol–water partition coefficient (Wildman–Crippen LogP) is 1.28. The molecule has 1 atom stereocenters. The molecular formula is C17H19N3O4. The van der Waals surface area contributed by atoms with Crippen LogP contribution in [0, 0.1) is 0 Å². The Morgan fingerprint density at radius 1 is 1.46 bits per heavy atom. The summed E-state index contributed by atoms with van der Waals surface area (Å²) in [5, 5.41) is 2.75. The van der Waals surface area contributed by atoms with Gasteiger partial charge in [-0.25, -0.2) is 0 Å². The SMILES string of the molecule is COc1ccccc1N1CCC(NC(=O)c2coc(CN)c2)C1=O. The Hall–Kier alpha value is -2.80. The van der Waals surface area contributed by atoms with Gasteiger partial charge in [-0.3, -0.25) is 9.59 Å². The van der Waals surface area contributed by atoms with Crippen LogP contribution in [0.1, 0.15) is 22.5 Å². The van der Waals surface area contributed by atoms with Crippen molar-refractivity contribution in [3.63, 3.8) is 0 Å². The maximum absolute atomic E-state index is 12.6. The van der Waals surface area contributed by atoms with Crippen molar-refractivity contribution in [1.29, 1.82) is 0 Å². The first-order valence-corrected chi connectivity index (χ1v) is 7.66. The highest BCUT2D eigenvalue weighted by Gasteiger charge is 2.35. The van der Waals surface area contributed by atoms with Crippen molar-refractivity contribution >= 4 is 17.5 Å². The zero-order chi connectivity index (χ0) is 17.1. The second kappa shape index (κ2) is 6.76. The second-order valence-electron chi connectivity index (χ2n) is 5.48. The molecule has 24 heavy (non-hydrogen) atoms. The highest BCUT2D eigenvalue weighted by atomic mass is 16.5. The Balaban J connectivity index is 1.71. The fourth-order valence-corrected chi connectivity index (χ4v) is 2.75. The standard InChI is InChI=1S/C17H19N3O4/c1-23-15-5-3-2-4-14(15)20-7-6-13(17(20)22)19-16(21)11-8-12(9-18)24-10-11/h2-5,8,10,13H,6-7,9,18H2,1H3,(H,19,21). The number of hydrogen-bond donors (Lipinski definition) is 2. The Morgan fingerprint density at radius 2 is 2.25 bits per heavy atom. The van der Waals surface area contributed by atoms with Gasteiger partial charge in [0.15, 0.2) is 0 Å². The molecule has 1 aromatic carbocycles. The van der Waals surface area contributed by atoms with Crippen molar-refractivity contribution in [3.8, 4) is 5.75 Å². The summed E-state index contributed by atoms with van der Waals surface area (Å²) in [5.41, 5.74) is 6.53. The van der Waals surface area contributed by atoms with Crippen LogP contribution in [-0.2, 0) is 11.3 Å². The molecule has 2 amide bonds. The maximum Gasteiger partial charge on any atom is 0.255 e. The summed E-state index contributed by atoms with van der Waals surface area (Å²) in [6, 6.07) is 8.32. The number of methoxy groups -OCH3 is 1. The molecule has 3 N–H and O–H groups in total. The topological polar surface area (TPSA) is 97.8 Å². The van der Waals surface area contributed by atoms with E-state index in [-0.39, 0.29) is 18.4 Å². The number of anilines is 1. The summed E-state index contributed by atoms with van der Waals surface area (Å²) in [5.74, 6) is 0.642. The Kier molecular flexibility index (Phi) is 4.52. The molecule has 7 nitrogen and oxygen atoms in total. The van der Waals surface area contributed by atoms with Crippen LogP contribution in [0.15, 0.2) is 41.0 Å². The van der Waals surface area contributed by atoms with Crippen LogP contribution < -0.4 is 20.7 Å². The average molecular weight is 329 g/mol. The average Bonchev–Trinajstić information content (AvgIpc) is 3.22. The number of nitrogens with zero attached hydrogens (tertiary/aromatic N) is 1. The summed E-state index contributed by atoms with van der Waals surface area (Å²) < 4.78 is 10.5. The number of para-hydroxylation sites is 2. The van der Waals surface area contributed by atoms with Crippen LogP contribution in [0.3, 0.4) is 0 Å². The van der Waals surface area contributed by atoms with E-state index >= 15 is 0 Å².